The van der Waals surface area contributed by atoms with E-state index in [0.717, 1.165) is 17.5 Å². The molecule has 4 nitrogen and oxygen atoms in total. The van der Waals surface area contributed by atoms with E-state index in [1.165, 1.54) is 5.56 Å². The van der Waals surface area contributed by atoms with E-state index in [4.69, 9.17) is 4.84 Å². The number of hydrogen-bond donors (Lipinski definition) is 1. The number of nitrogens with one attached hydrogen (secondary N) is 1. The minimum Gasteiger partial charge on any atom is -0.383 e. The number of carbonyl (C=O) groups excluding carboxylic acids is 1. The molecular weight excluding hydrogens is 288 g/mol. The second-order valence-electron chi connectivity index (χ2n) is 5.28. The molecule has 23 heavy (non-hydrogen) atoms. The fraction of sp³-hybridized carbons (Fsp3) is 0.263. The van der Waals surface area contributed by atoms with Crippen molar-refractivity contribution in [1.29, 1.82) is 0 Å². The van der Waals surface area contributed by atoms with E-state index >= 15 is 0 Å². The number of aryl methyl sites for hydroxylation is 1. The Morgan fingerprint density at radius 1 is 1.13 bits per heavy atom. The van der Waals surface area contributed by atoms with Gasteiger partial charge < -0.3 is 10.2 Å². The first-order valence-corrected chi connectivity index (χ1v) is 7.79. The molecule has 0 radical (unpaired) electrons. The normalized spacial score (nSPS) is 12.1. The number of hydrogen-bond acceptors (Lipinski definition) is 3. The molecule has 0 aliphatic rings. The molecule has 120 valence electrons. The summed E-state index contributed by atoms with van der Waals surface area (Å²) < 4.78 is 0. The van der Waals surface area contributed by atoms with Gasteiger partial charge in [0.05, 0.1) is 6.21 Å². The quantitative estimate of drug-likeness (QED) is 0.630. The van der Waals surface area contributed by atoms with Crippen LogP contribution in [0.2, 0.25) is 0 Å². The van der Waals surface area contributed by atoms with Gasteiger partial charge in [0.2, 0.25) is 6.10 Å². The molecule has 2 aromatic carbocycles. The predicted octanol–water partition coefficient (Wildman–Crippen LogP) is 3.30. The van der Waals surface area contributed by atoms with Gasteiger partial charge in [0.15, 0.2) is 0 Å². The molecule has 4 heteroatoms. The van der Waals surface area contributed by atoms with Crippen LogP contribution in [0.4, 0.5) is 0 Å². The Balaban J connectivity index is 1.77. The van der Waals surface area contributed by atoms with Crippen molar-refractivity contribution in [1.82, 2.24) is 5.32 Å². The second kappa shape index (κ2) is 8.73. The zero-order valence-corrected chi connectivity index (χ0v) is 13.5. The van der Waals surface area contributed by atoms with Crippen LogP contribution in [-0.2, 0) is 22.6 Å². The average molecular weight is 310 g/mol. The van der Waals surface area contributed by atoms with Crippen LogP contribution in [0.1, 0.15) is 30.5 Å². The smallest absolute Gasteiger partial charge is 0.263 e. The van der Waals surface area contributed by atoms with E-state index in [0.29, 0.717) is 6.54 Å². The number of rotatable bonds is 7. The topological polar surface area (TPSA) is 50.7 Å². The Morgan fingerprint density at radius 2 is 1.83 bits per heavy atom. The van der Waals surface area contributed by atoms with Crippen molar-refractivity contribution >= 4 is 12.1 Å². The molecule has 2 rings (SSSR count). The van der Waals surface area contributed by atoms with Crippen LogP contribution in [-0.4, -0.2) is 18.2 Å². The van der Waals surface area contributed by atoms with Gasteiger partial charge >= 0.3 is 0 Å². The number of benzene rings is 2. The van der Waals surface area contributed by atoms with Crippen molar-refractivity contribution in [3.8, 4) is 0 Å². The summed E-state index contributed by atoms with van der Waals surface area (Å²) in [5.74, 6) is -0.188. The molecule has 1 amide bonds. The van der Waals surface area contributed by atoms with Gasteiger partial charge in [0.25, 0.3) is 5.91 Å². The van der Waals surface area contributed by atoms with Crippen LogP contribution in [0.3, 0.4) is 0 Å². The maximum Gasteiger partial charge on any atom is 0.263 e. The molecule has 1 atom stereocenters. The van der Waals surface area contributed by atoms with Gasteiger partial charge in [-0.25, -0.2) is 0 Å². The van der Waals surface area contributed by atoms with Crippen LogP contribution in [0.25, 0.3) is 0 Å². The molecular formula is C19H22N2O2. The fourth-order valence-corrected chi connectivity index (χ4v) is 2.00. The van der Waals surface area contributed by atoms with E-state index < -0.39 is 6.10 Å². The molecule has 0 fully saturated rings. The lowest BCUT2D eigenvalue weighted by Crippen LogP contribution is -2.33. The highest BCUT2D eigenvalue weighted by Crippen LogP contribution is 2.03. The summed E-state index contributed by atoms with van der Waals surface area (Å²) in [5.41, 5.74) is 3.27. The van der Waals surface area contributed by atoms with Gasteiger partial charge in [-0.2, -0.15) is 0 Å². The molecule has 0 aliphatic carbocycles. The van der Waals surface area contributed by atoms with Gasteiger partial charge in [0, 0.05) is 6.54 Å². The van der Waals surface area contributed by atoms with Crippen LogP contribution in [0, 0.1) is 0 Å². The highest BCUT2D eigenvalue weighted by atomic mass is 16.6. The summed E-state index contributed by atoms with van der Waals surface area (Å²) >= 11 is 0. The third kappa shape index (κ3) is 5.58. The molecule has 0 saturated carbocycles. The second-order valence-corrected chi connectivity index (χ2v) is 5.28. The summed E-state index contributed by atoms with van der Waals surface area (Å²) in [6.45, 7) is 4.27. The zero-order valence-electron chi connectivity index (χ0n) is 13.5. The van der Waals surface area contributed by atoms with Crippen molar-refractivity contribution in [3.05, 3.63) is 71.3 Å². The average Bonchev–Trinajstić information content (AvgIpc) is 2.61. The van der Waals surface area contributed by atoms with Gasteiger partial charge in [-0.05, 0) is 30.0 Å². The van der Waals surface area contributed by atoms with E-state index in [1.807, 2.05) is 42.5 Å². The van der Waals surface area contributed by atoms with Crippen molar-refractivity contribution < 1.29 is 9.63 Å². The minimum atomic E-state index is -0.634. The van der Waals surface area contributed by atoms with Gasteiger partial charge in [0.1, 0.15) is 0 Å². The molecule has 2 aromatic rings. The number of nitrogens with zero attached hydrogens (tertiary/aromatic N) is 1. The number of carbonyl (C=O) groups is 1. The Labute approximate surface area is 137 Å². The van der Waals surface area contributed by atoms with Crippen LogP contribution in [0.5, 0.6) is 0 Å². The Hall–Kier alpha value is -2.62. The van der Waals surface area contributed by atoms with E-state index in [9.17, 15) is 4.79 Å². The largest absolute Gasteiger partial charge is 0.383 e. The first-order chi connectivity index (χ1) is 11.2. The van der Waals surface area contributed by atoms with Gasteiger partial charge in [-0.3, -0.25) is 4.79 Å². The van der Waals surface area contributed by atoms with Crippen molar-refractivity contribution in [3.63, 3.8) is 0 Å². The molecule has 0 spiro atoms. The maximum absolute atomic E-state index is 11.9. The standard InChI is InChI=1S/C19H22N2O2/c1-3-16-9-11-18(12-10-16)14-21-23-15(2)19(22)20-13-17-7-5-4-6-8-17/h4-12,14-15H,3,13H2,1-2H3,(H,20,22)/b21-14-/t15-/m1/s1. The molecule has 1 N–H and O–H groups in total. The Bertz CT molecular complexity index is 636. The highest BCUT2D eigenvalue weighted by Gasteiger charge is 2.13. The summed E-state index contributed by atoms with van der Waals surface area (Å²) in [6.07, 6.45) is 1.98. The summed E-state index contributed by atoms with van der Waals surface area (Å²) in [4.78, 5) is 17.1. The fourth-order valence-electron chi connectivity index (χ4n) is 2.00. The molecule has 0 aliphatic heterocycles. The third-order valence-electron chi connectivity index (χ3n) is 3.49. The summed E-state index contributed by atoms with van der Waals surface area (Å²) in [5, 5.41) is 6.71. The minimum absolute atomic E-state index is 0.188. The molecule has 0 unspecified atom stereocenters. The lowest BCUT2D eigenvalue weighted by atomic mass is 10.1. The third-order valence-corrected chi connectivity index (χ3v) is 3.49. The molecule has 0 bridgehead atoms. The maximum atomic E-state index is 11.9. The molecule has 0 aromatic heterocycles. The van der Waals surface area contributed by atoms with Crippen LogP contribution >= 0.6 is 0 Å². The van der Waals surface area contributed by atoms with E-state index in [1.54, 1.807) is 13.1 Å². The first kappa shape index (κ1) is 16.7. The van der Waals surface area contributed by atoms with Crippen LogP contribution in [0.15, 0.2) is 59.8 Å². The Kier molecular flexibility index (Phi) is 6.36. The summed E-state index contributed by atoms with van der Waals surface area (Å²) in [7, 11) is 0. The van der Waals surface area contributed by atoms with Gasteiger partial charge in [-0.15, -0.1) is 0 Å². The SMILES string of the molecule is CCc1ccc(/C=N\O[C@H](C)C(=O)NCc2ccccc2)cc1. The lowest BCUT2D eigenvalue weighted by molar-refractivity contribution is -0.131. The summed E-state index contributed by atoms with van der Waals surface area (Å²) in [6, 6.07) is 17.8. The van der Waals surface area contributed by atoms with Crippen molar-refractivity contribution in [2.45, 2.75) is 32.9 Å². The predicted molar refractivity (Wildman–Crippen MR) is 92.2 cm³/mol. The molecule has 0 saturated heterocycles. The first-order valence-electron chi connectivity index (χ1n) is 7.79. The Morgan fingerprint density at radius 3 is 2.48 bits per heavy atom. The monoisotopic (exact) mass is 310 g/mol. The molecule has 0 heterocycles. The van der Waals surface area contributed by atoms with Crippen LogP contribution < -0.4 is 5.32 Å². The highest BCUT2D eigenvalue weighted by molar-refractivity contribution is 5.81. The van der Waals surface area contributed by atoms with Gasteiger partial charge in [-0.1, -0.05) is 66.7 Å². The lowest BCUT2D eigenvalue weighted by Gasteiger charge is -2.10. The van der Waals surface area contributed by atoms with Crippen molar-refractivity contribution in [2.75, 3.05) is 0 Å². The van der Waals surface area contributed by atoms with E-state index in [2.05, 4.69) is 29.5 Å². The number of amides is 1. The van der Waals surface area contributed by atoms with E-state index in [-0.39, 0.29) is 5.91 Å². The number of oxime groups is 1. The zero-order chi connectivity index (χ0) is 16.5. The van der Waals surface area contributed by atoms with Crippen molar-refractivity contribution in [2.24, 2.45) is 5.16 Å².